The van der Waals surface area contributed by atoms with Gasteiger partial charge in [-0.25, -0.2) is 0 Å². The van der Waals surface area contributed by atoms with E-state index in [-0.39, 0.29) is 30.8 Å². The van der Waals surface area contributed by atoms with Crippen molar-refractivity contribution in [2.24, 2.45) is 17.1 Å². The number of carbonyl (C=O) groups is 2. The molecule has 0 radical (unpaired) electrons. The van der Waals surface area contributed by atoms with E-state index in [4.69, 9.17) is 10.8 Å². The second kappa shape index (κ2) is 7.36. The average Bonchev–Trinajstić information content (AvgIpc) is 2.30. The minimum atomic E-state index is -0.902. The largest absolute Gasteiger partial charge is 0.481 e. The van der Waals surface area contributed by atoms with Gasteiger partial charge in [0.1, 0.15) is 0 Å². The molecule has 0 fully saturated rings. The van der Waals surface area contributed by atoms with Crippen LogP contribution in [0.2, 0.25) is 0 Å². The second-order valence-corrected chi connectivity index (χ2v) is 5.11. The predicted molar refractivity (Wildman–Crippen MR) is 71.1 cm³/mol. The molecule has 18 heavy (non-hydrogen) atoms. The van der Waals surface area contributed by atoms with Crippen LogP contribution in [-0.2, 0) is 9.59 Å². The lowest BCUT2D eigenvalue weighted by atomic mass is 9.81. The van der Waals surface area contributed by atoms with Crippen molar-refractivity contribution in [1.29, 1.82) is 0 Å². The molecule has 0 aliphatic carbocycles. The van der Waals surface area contributed by atoms with Gasteiger partial charge < -0.3 is 16.2 Å². The molecule has 0 aliphatic heterocycles. The number of nitrogens with two attached hydrogens (primary N) is 1. The van der Waals surface area contributed by atoms with E-state index >= 15 is 0 Å². The fourth-order valence-electron chi connectivity index (χ4n) is 1.92. The zero-order chi connectivity index (χ0) is 14.3. The van der Waals surface area contributed by atoms with Crippen molar-refractivity contribution in [2.75, 3.05) is 6.54 Å². The van der Waals surface area contributed by atoms with Gasteiger partial charge in [0.15, 0.2) is 0 Å². The van der Waals surface area contributed by atoms with E-state index < -0.39 is 11.4 Å². The number of rotatable bonds is 8. The van der Waals surface area contributed by atoms with Gasteiger partial charge in [0.25, 0.3) is 0 Å². The third-order valence-electron chi connectivity index (χ3n) is 3.74. The summed E-state index contributed by atoms with van der Waals surface area (Å²) in [4.78, 5) is 23.0. The lowest BCUT2D eigenvalue weighted by molar-refractivity contribution is -0.138. The first-order valence-corrected chi connectivity index (χ1v) is 6.55. The Hall–Kier alpha value is -1.10. The normalized spacial score (nSPS) is 13.4. The quantitative estimate of drug-likeness (QED) is 0.613. The summed E-state index contributed by atoms with van der Waals surface area (Å²) in [7, 11) is 0. The van der Waals surface area contributed by atoms with Gasteiger partial charge in [-0.15, -0.1) is 0 Å². The van der Waals surface area contributed by atoms with Crippen LogP contribution >= 0.6 is 0 Å². The number of carboxylic acids is 1. The van der Waals surface area contributed by atoms with Crippen molar-refractivity contribution in [3.05, 3.63) is 0 Å². The van der Waals surface area contributed by atoms with Gasteiger partial charge in [-0.1, -0.05) is 27.7 Å². The molecule has 0 heterocycles. The Morgan fingerprint density at radius 2 is 1.78 bits per heavy atom. The van der Waals surface area contributed by atoms with Gasteiger partial charge in [0, 0.05) is 12.6 Å². The summed E-state index contributed by atoms with van der Waals surface area (Å²) in [5.41, 5.74) is 5.13. The standard InChI is InChI=1S/C13H26N2O3/c1-5-13(6-2,8-14)12(18)15-10(9(3)4)7-11(16)17/h9-10H,5-8,14H2,1-4H3,(H,15,18)(H,16,17). The van der Waals surface area contributed by atoms with Crippen molar-refractivity contribution in [1.82, 2.24) is 5.32 Å². The van der Waals surface area contributed by atoms with Gasteiger partial charge in [-0.2, -0.15) is 0 Å². The smallest absolute Gasteiger partial charge is 0.305 e. The van der Waals surface area contributed by atoms with Crippen molar-refractivity contribution < 1.29 is 14.7 Å². The molecule has 0 aromatic heterocycles. The number of hydrogen-bond acceptors (Lipinski definition) is 3. The highest BCUT2D eigenvalue weighted by Gasteiger charge is 2.35. The van der Waals surface area contributed by atoms with Gasteiger partial charge in [-0.3, -0.25) is 9.59 Å². The summed E-state index contributed by atoms with van der Waals surface area (Å²) >= 11 is 0. The Labute approximate surface area is 109 Å². The van der Waals surface area contributed by atoms with E-state index in [2.05, 4.69) is 5.32 Å². The number of nitrogens with one attached hydrogen (secondary N) is 1. The first-order valence-electron chi connectivity index (χ1n) is 6.55. The van der Waals surface area contributed by atoms with E-state index in [1.165, 1.54) is 0 Å². The van der Waals surface area contributed by atoms with E-state index in [0.29, 0.717) is 12.8 Å². The summed E-state index contributed by atoms with van der Waals surface area (Å²) in [5.74, 6) is -0.954. The van der Waals surface area contributed by atoms with Crippen LogP contribution in [0.25, 0.3) is 0 Å². The fraction of sp³-hybridized carbons (Fsp3) is 0.846. The van der Waals surface area contributed by atoms with Crippen LogP contribution in [0.1, 0.15) is 47.0 Å². The van der Waals surface area contributed by atoms with Crippen molar-refractivity contribution in [3.63, 3.8) is 0 Å². The van der Waals surface area contributed by atoms with Crippen LogP contribution < -0.4 is 11.1 Å². The third kappa shape index (κ3) is 4.29. The molecule has 0 aromatic carbocycles. The lowest BCUT2D eigenvalue weighted by Gasteiger charge is -2.32. The molecule has 4 N–H and O–H groups in total. The maximum Gasteiger partial charge on any atom is 0.305 e. The Bertz CT molecular complexity index is 278. The molecule has 5 nitrogen and oxygen atoms in total. The highest BCUT2D eigenvalue weighted by molar-refractivity contribution is 5.83. The molecule has 0 spiro atoms. The monoisotopic (exact) mass is 258 g/mol. The summed E-state index contributed by atoms with van der Waals surface area (Å²) < 4.78 is 0. The molecule has 1 amide bonds. The van der Waals surface area contributed by atoms with Crippen molar-refractivity contribution >= 4 is 11.9 Å². The van der Waals surface area contributed by atoms with E-state index in [9.17, 15) is 9.59 Å². The highest BCUT2D eigenvalue weighted by Crippen LogP contribution is 2.25. The Morgan fingerprint density at radius 3 is 2.06 bits per heavy atom. The van der Waals surface area contributed by atoms with Crippen LogP contribution in [0, 0.1) is 11.3 Å². The zero-order valence-corrected chi connectivity index (χ0v) is 11.8. The summed E-state index contributed by atoms with van der Waals surface area (Å²) in [6.07, 6.45) is 1.25. The first kappa shape index (κ1) is 16.9. The van der Waals surface area contributed by atoms with E-state index in [1.54, 1.807) is 0 Å². The summed E-state index contributed by atoms with van der Waals surface area (Å²) in [5, 5.41) is 11.7. The zero-order valence-electron chi connectivity index (χ0n) is 11.8. The number of carbonyl (C=O) groups excluding carboxylic acids is 1. The summed E-state index contributed by atoms with van der Waals surface area (Å²) in [6, 6.07) is -0.348. The number of hydrogen-bond donors (Lipinski definition) is 3. The van der Waals surface area contributed by atoms with Crippen LogP contribution in [0.5, 0.6) is 0 Å². The molecule has 106 valence electrons. The molecule has 0 saturated heterocycles. The highest BCUT2D eigenvalue weighted by atomic mass is 16.4. The van der Waals surface area contributed by atoms with Crippen LogP contribution in [-0.4, -0.2) is 29.6 Å². The van der Waals surface area contributed by atoms with Gasteiger partial charge in [0.05, 0.1) is 11.8 Å². The molecule has 0 aliphatic rings. The molecule has 0 bridgehead atoms. The van der Waals surface area contributed by atoms with E-state index in [1.807, 2.05) is 27.7 Å². The molecular weight excluding hydrogens is 232 g/mol. The number of aliphatic carboxylic acids is 1. The fourth-order valence-corrected chi connectivity index (χ4v) is 1.92. The third-order valence-corrected chi connectivity index (χ3v) is 3.74. The van der Waals surface area contributed by atoms with Gasteiger partial charge in [-0.05, 0) is 18.8 Å². The molecule has 1 atom stereocenters. The molecule has 0 rings (SSSR count). The predicted octanol–water partition coefficient (Wildman–Crippen LogP) is 1.37. The molecule has 5 heteroatoms. The Morgan fingerprint density at radius 1 is 1.28 bits per heavy atom. The van der Waals surface area contributed by atoms with Crippen molar-refractivity contribution in [2.45, 2.75) is 53.0 Å². The maximum absolute atomic E-state index is 12.3. The average molecular weight is 258 g/mol. The van der Waals surface area contributed by atoms with Gasteiger partial charge >= 0.3 is 5.97 Å². The second-order valence-electron chi connectivity index (χ2n) is 5.11. The minimum absolute atomic E-state index is 0.0580. The Kier molecular flexibility index (Phi) is 6.91. The molecular formula is C13H26N2O3. The first-order chi connectivity index (χ1) is 8.32. The minimum Gasteiger partial charge on any atom is -0.481 e. The van der Waals surface area contributed by atoms with Crippen LogP contribution in [0.3, 0.4) is 0 Å². The Balaban J connectivity index is 4.82. The van der Waals surface area contributed by atoms with Crippen molar-refractivity contribution in [3.8, 4) is 0 Å². The number of amides is 1. The lowest BCUT2D eigenvalue weighted by Crippen LogP contribution is -2.50. The number of carboxylic acid groups (broad SMARTS) is 1. The van der Waals surface area contributed by atoms with Gasteiger partial charge in [0.2, 0.25) is 5.91 Å². The molecule has 1 unspecified atom stereocenters. The maximum atomic E-state index is 12.3. The van der Waals surface area contributed by atoms with Crippen LogP contribution in [0.4, 0.5) is 0 Å². The topological polar surface area (TPSA) is 92.4 Å². The molecule has 0 aromatic rings. The van der Waals surface area contributed by atoms with E-state index in [0.717, 1.165) is 0 Å². The SMILES string of the molecule is CCC(CC)(CN)C(=O)NC(CC(=O)O)C(C)C. The van der Waals surface area contributed by atoms with Crippen LogP contribution in [0.15, 0.2) is 0 Å². The molecule has 0 saturated carbocycles. The summed E-state index contributed by atoms with van der Waals surface area (Å²) in [6.45, 7) is 7.94.